The van der Waals surface area contributed by atoms with Crippen LogP contribution in [0.25, 0.3) is 0 Å². The van der Waals surface area contributed by atoms with E-state index >= 15 is 9.59 Å². The van der Waals surface area contributed by atoms with Crippen LogP contribution in [0.5, 0.6) is 0 Å². The molecule has 29 nitrogen and oxygen atoms in total. The first-order valence-corrected chi connectivity index (χ1v) is 47.4. The molecule has 0 unspecified atom stereocenters. The average Bonchev–Trinajstić information content (AvgIpc) is 0.679. The Morgan fingerprint density at radius 2 is 0.238 bits per heavy atom. The largest absolute Gasteiger partial charge is 0.817 e. The standard InChI is InChI=1S/C48H88O13Si8.16CO.4Re/c49-62(41-25-9-1-10-26-41)51-64(43-29-13-3-14-30-43)55-65(44-31-15-4-16-32-44)52-63(50,42-27-11-2-12-28-42)54-67(46-35-19-6-20-36-46)59-69(57-65,48-39-23-8-24-40-48)60-66(53-62,45-33-17-5-18-34-45)58-68(56-64,61-67)47-37-21-7-22-38-47;16*1-2;;;;/h41-48H,1-40H2;;;;;;;;;;;;;;;;;;;;/q-2;;;;;;;;;;;;;;;;;;;;/t62-,63-,64+,65+,66+,67+,68-,69-;;;;;;;;;;;;;;;;;;;;/m1..................../s1. The molecule has 4 radical (unpaired) electrons. The van der Waals surface area contributed by atoms with Crippen LogP contribution in [0.1, 0.15) is 257 Å². The van der Waals surface area contributed by atoms with Crippen LogP contribution in [-0.4, -0.2) is 70.4 Å². The van der Waals surface area contributed by atoms with Gasteiger partial charge in [0.15, 0.2) is 0 Å². The van der Waals surface area contributed by atoms with E-state index in [4.69, 9.17) is 120 Å². The smallest absolute Gasteiger partial charge is 0.482 e. The third-order valence-electron chi connectivity index (χ3n) is 20.0. The Labute approximate surface area is 683 Å². The van der Waals surface area contributed by atoms with E-state index in [9.17, 15) is 0 Å². The van der Waals surface area contributed by atoms with Crippen LogP contribution in [-0.2, 0) is 201 Å². The summed E-state index contributed by atoms with van der Waals surface area (Å²) in [6, 6.07) is 0. The minimum absolute atomic E-state index is 0. The van der Waals surface area contributed by atoms with E-state index in [2.05, 4.69) is 106 Å². The maximum atomic E-state index is 17.4. The molecule has 0 amide bonds. The van der Waals surface area contributed by atoms with E-state index in [1.807, 2.05) is 0 Å². The first-order valence-electron chi connectivity index (χ1n) is 33.0. The molecule has 0 aromatic carbocycles. The summed E-state index contributed by atoms with van der Waals surface area (Å²) in [6.07, 6.45) is 38.5. The Hall–Kier alpha value is -0.296. The zero-order valence-corrected chi connectivity index (χ0v) is 77.1. The van der Waals surface area contributed by atoms with Gasteiger partial charge in [-0.3, -0.25) is 0 Å². The maximum absolute atomic E-state index is 17.4. The average molecular weight is 2290 g/mol. The van der Waals surface area contributed by atoms with Gasteiger partial charge in [-0.15, -0.1) is 0 Å². The fraction of sp³-hybridized carbons (Fsp3) is 0.750. The first-order chi connectivity index (χ1) is 49.6. The molecule has 8 saturated carbocycles. The molecule has 41 heteroatoms. The summed E-state index contributed by atoms with van der Waals surface area (Å²) < 4.78 is 212. The molecule has 580 valence electrons. The van der Waals surface area contributed by atoms with Crippen molar-refractivity contribution in [2.75, 3.05) is 0 Å². The second kappa shape index (κ2) is 72.7. The first kappa shape index (κ1) is 123. The van der Waals surface area contributed by atoms with Crippen molar-refractivity contribution in [3.05, 3.63) is 106 Å². The van der Waals surface area contributed by atoms with Crippen LogP contribution in [0.2, 0.25) is 44.3 Å². The van der Waals surface area contributed by atoms with Gasteiger partial charge in [0.25, 0.3) is 0 Å². The molecular formula is C64H88O29Re4Si8-2. The molecule has 15 rings (SSSR count). The second-order valence-electron chi connectivity index (χ2n) is 24.6. The predicted molar refractivity (Wildman–Crippen MR) is 336 cm³/mol. The minimum atomic E-state index is -4.61. The third kappa shape index (κ3) is 34.0. The maximum Gasteiger partial charge on any atom is 0.482 e. The zero-order valence-electron chi connectivity index (χ0n) is 58.3. The summed E-state index contributed by atoms with van der Waals surface area (Å²) in [7, 11) is -35.2. The van der Waals surface area contributed by atoms with Crippen molar-refractivity contribution in [2.24, 2.45) is 0 Å². The van der Waals surface area contributed by atoms with E-state index in [0.717, 1.165) is 257 Å². The van der Waals surface area contributed by atoms with Gasteiger partial charge in [-0.2, -0.15) is 0 Å². The molecule has 7 heterocycles. The van der Waals surface area contributed by atoms with E-state index in [1.165, 1.54) is 0 Å². The molecule has 7 aliphatic heterocycles. The molecule has 105 heavy (non-hydrogen) atoms. The molecular weight excluding hydrogens is 2200 g/mol. The number of hydrogen-bond acceptors (Lipinski definition) is 13. The number of fused-ring (bicyclic) bond motifs is 4. The Balaban J connectivity index is -0.000000326. The van der Waals surface area contributed by atoms with Crippen LogP contribution in [0.3, 0.4) is 0 Å². The third-order valence-corrected chi connectivity index (χ3v) is 57.6. The Bertz CT molecular complexity index is 2200. The molecule has 0 N–H and O–H groups in total. The van der Waals surface area contributed by atoms with Crippen molar-refractivity contribution in [1.29, 1.82) is 0 Å². The number of rotatable bonds is 8. The van der Waals surface area contributed by atoms with Crippen LogP contribution in [0.15, 0.2) is 0 Å². The van der Waals surface area contributed by atoms with Gasteiger partial charge in [0.1, 0.15) is 0 Å². The minimum Gasteiger partial charge on any atom is -0.817 e. The zero-order chi connectivity index (χ0) is 78.7. The van der Waals surface area contributed by atoms with Crippen LogP contribution < -0.4 is 9.59 Å². The van der Waals surface area contributed by atoms with Crippen molar-refractivity contribution < 1.29 is 211 Å². The molecule has 4 atom stereocenters. The Morgan fingerprint density at radius 1 is 0.152 bits per heavy atom. The van der Waals surface area contributed by atoms with E-state index in [1.54, 1.807) is 0 Å². The predicted octanol–water partition coefficient (Wildman–Crippen LogP) is 11.5. The van der Waals surface area contributed by atoms with Crippen molar-refractivity contribution in [3.63, 3.8) is 0 Å². The van der Waals surface area contributed by atoms with Crippen LogP contribution >= 0.6 is 0 Å². The normalized spacial score (nSPS) is 30.8. The topological polar surface area (TPSA) is 466 Å². The molecule has 0 aromatic rings. The van der Waals surface area contributed by atoms with Gasteiger partial charge in [-0.25, -0.2) is 0 Å². The molecule has 0 spiro atoms. The molecule has 0 aromatic heterocycles. The van der Waals surface area contributed by atoms with Gasteiger partial charge in [0, 0.05) is 115 Å². The molecule has 7 saturated heterocycles. The summed E-state index contributed by atoms with van der Waals surface area (Å²) in [5.74, 6) is 0. The van der Waals surface area contributed by atoms with Gasteiger partial charge < -0.3 is 54.9 Å². The fourth-order valence-corrected chi connectivity index (χ4v) is 68.0. The van der Waals surface area contributed by atoms with Crippen molar-refractivity contribution in [3.8, 4) is 0 Å². The fourth-order valence-electron chi connectivity index (χ4n) is 16.1. The van der Waals surface area contributed by atoms with Crippen molar-refractivity contribution in [2.45, 2.75) is 301 Å². The van der Waals surface area contributed by atoms with Crippen molar-refractivity contribution in [1.82, 2.24) is 0 Å². The molecule has 15 aliphatic rings. The van der Waals surface area contributed by atoms with Gasteiger partial charge in [-0.1, -0.05) is 154 Å². The Morgan fingerprint density at radius 3 is 0.343 bits per heavy atom. The van der Waals surface area contributed by atoms with Gasteiger partial charge in [0.05, 0.1) is 0 Å². The van der Waals surface area contributed by atoms with Gasteiger partial charge >= 0.3 is 234 Å². The second-order valence-corrected chi connectivity index (χ2v) is 49.8. The number of hydrogen-bond donors (Lipinski definition) is 0. The van der Waals surface area contributed by atoms with Crippen molar-refractivity contribution >= 4 is 70.4 Å². The summed E-state index contributed by atoms with van der Waals surface area (Å²) in [5.41, 5.74) is -1.45. The van der Waals surface area contributed by atoms with Crippen LogP contribution in [0, 0.1) is 106 Å². The monoisotopic (exact) mass is 2290 g/mol. The van der Waals surface area contributed by atoms with E-state index in [0.29, 0.717) is 0 Å². The summed E-state index contributed by atoms with van der Waals surface area (Å²) >= 11 is 0. The SMILES string of the molecule is [C-]#[O+].[C-]#[O+].[C-]#[O+].[C-]#[O+].[C-]#[O+].[C-]#[O+].[C-]#[O+].[C-]#[O+].[C-]#[O+].[C-]#[O+].[C-]#[O+].[C-]#[O+].[C-]#[O+].[C-]#[O+].[C-]#[O+].[C-]#[O+].[O-][Si@]1(C2CCCCC2)O[Si@@]2(C3CCCCC3)O[Si@]3(C4CCCCC4)O[Si@]([O-])(C4CCCCC4)O[Si@]4(C5CCCCC5)O[Si@](C5CCCCC5)(O2)O[Si@](C2CCCCC2)(O1)O[Si@](C1CCCCC1)(O3)O4.[Re].[Re].[Re].[Re]. The van der Waals surface area contributed by atoms with E-state index < -0.39 is 70.4 Å². The Kier molecular flexibility index (Phi) is 85.1. The van der Waals surface area contributed by atoms with Gasteiger partial charge in [0.2, 0.25) is 17.6 Å². The molecule has 6 bridgehead atoms. The summed E-state index contributed by atoms with van der Waals surface area (Å²) in [6.45, 7) is 72.0. The van der Waals surface area contributed by atoms with Gasteiger partial charge in [-0.05, 0) is 114 Å². The summed E-state index contributed by atoms with van der Waals surface area (Å²) in [5, 5.41) is 0. The quantitative estimate of drug-likeness (QED) is 0.124. The van der Waals surface area contributed by atoms with Crippen LogP contribution in [0.4, 0.5) is 0 Å². The molecule has 15 fully saturated rings. The van der Waals surface area contributed by atoms with E-state index in [-0.39, 0.29) is 126 Å². The molecule has 8 aliphatic carbocycles. The summed E-state index contributed by atoms with van der Waals surface area (Å²) in [4.78, 5) is 34.8.